The Labute approximate surface area is 205 Å². The zero-order valence-electron chi connectivity index (χ0n) is 19.4. The number of piperidine rings is 1. The molecule has 1 aliphatic rings. The van der Waals surface area contributed by atoms with E-state index in [0.717, 1.165) is 0 Å². The third-order valence-corrected chi connectivity index (χ3v) is 6.87. The summed E-state index contributed by atoms with van der Waals surface area (Å²) in [6, 6.07) is 6.46. The predicted molar refractivity (Wildman–Crippen MR) is 132 cm³/mol. The number of carbonyl (C=O) groups is 3. The van der Waals surface area contributed by atoms with Gasteiger partial charge in [-0.2, -0.15) is 4.98 Å². The number of nitrogens with zero attached hydrogens (tertiary/aromatic N) is 4. The molecule has 0 spiro atoms. The lowest BCUT2D eigenvalue weighted by atomic mass is 9.96. The molecule has 0 saturated carbocycles. The van der Waals surface area contributed by atoms with Crippen LogP contribution in [-0.4, -0.2) is 59.1 Å². The molecule has 2 aromatic heterocycles. The number of aromatic nitrogens is 3. The van der Waals surface area contributed by atoms with Crippen LogP contribution < -0.4 is 21.1 Å². The highest BCUT2D eigenvalue weighted by Gasteiger charge is 2.26. The second-order valence-corrected chi connectivity index (χ2v) is 9.05. The van der Waals surface area contributed by atoms with Crippen molar-refractivity contribution in [1.29, 1.82) is 0 Å². The fourth-order valence-corrected chi connectivity index (χ4v) is 4.98. The molecule has 1 aromatic carbocycles. The first-order valence-electron chi connectivity index (χ1n) is 11.3. The van der Waals surface area contributed by atoms with Gasteiger partial charge >= 0.3 is 5.97 Å². The summed E-state index contributed by atoms with van der Waals surface area (Å²) in [6.07, 6.45) is 2.72. The molecule has 2 amide bonds. The Morgan fingerprint density at radius 1 is 1.20 bits per heavy atom. The molecule has 0 aliphatic carbocycles. The van der Waals surface area contributed by atoms with Gasteiger partial charge in [0.05, 0.1) is 18.4 Å². The molecule has 0 bridgehead atoms. The third kappa shape index (κ3) is 5.32. The van der Waals surface area contributed by atoms with Gasteiger partial charge in [0.25, 0.3) is 5.56 Å². The van der Waals surface area contributed by atoms with Crippen molar-refractivity contribution in [1.82, 2.24) is 19.9 Å². The molecular formula is C23H26N6O5S. The Hall–Kier alpha value is -3.80. The first-order valence-corrected chi connectivity index (χ1v) is 12.1. The van der Waals surface area contributed by atoms with E-state index in [4.69, 9.17) is 4.74 Å². The minimum Gasteiger partial charge on any atom is -0.465 e. The van der Waals surface area contributed by atoms with Gasteiger partial charge in [-0.05, 0) is 31.9 Å². The molecule has 35 heavy (non-hydrogen) atoms. The van der Waals surface area contributed by atoms with Crippen molar-refractivity contribution in [2.75, 3.05) is 37.0 Å². The third-order valence-electron chi connectivity index (χ3n) is 5.78. The van der Waals surface area contributed by atoms with Gasteiger partial charge in [-0.1, -0.05) is 23.5 Å². The predicted octanol–water partition coefficient (Wildman–Crippen LogP) is 1.63. The fourth-order valence-electron chi connectivity index (χ4n) is 3.96. The molecule has 1 aliphatic heterocycles. The molecule has 4 rings (SSSR count). The number of carbonyl (C=O) groups excluding carboxylic acids is 3. The molecule has 184 valence electrons. The van der Waals surface area contributed by atoms with E-state index in [1.165, 1.54) is 29.3 Å². The normalized spacial score (nSPS) is 14.1. The summed E-state index contributed by atoms with van der Waals surface area (Å²) >= 11 is 1.23. The smallest absolute Gasteiger partial charge is 0.339 e. The number of hydrogen-bond donors (Lipinski definition) is 2. The molecule has 0 unspecified atom stereocenters. The summed E-state index contributed by atoms with van der Waals surface area (Å²) in [5, 5.41) is 6.19. The minimum atomic E-state index is -0.576. The van der Waals surface area contributed by atoms with Gasteiger partial charge in [-0.25, -0.2) is 9.78 Å². The largest absolute Gasteiger partial charge is 0.465 e. The van der Waals surface area contributed by atoms with Crippen LogP contribution in [0.15, 0.2) is 35.4 Å². The van der Waals surface area contributed by atoms with E-state index in [1.807, 2.05) is 6.92 Å². The van der Waals surface area contributed by atoms with Crippen LogP contribution in [0.5, 0.6) is 0 Å². The fraction of sp³-hybridized carbons (Fsp3) is 0.391. The van der Waals surface area contributed by atoms with Crippen LogP contribution in [0, 0.1) is 5.92 Å². The van der Waals surface area contributed by atoms with Crippen LogP contribution in [0.3, 0.4) is 0 Å². The zero-order chi connectivity index (χ0) is 24.9. The molecular weight excluding hydrogens is 472 g/mol. The van der Waals surface area contributed by atoms with Crippen molar-refractivity contribution in [2.45, 2.75) is 26.3 Å². The summed E-state index contributed by atoms with van der Waals surface area (Å²) in [7, 11) is 1.26. The molecule has 0 radical (unpaired) electrons. The zero-order valence-corrected chi connectivity index (χ0v) is 20.3. The van der Waals surface area contributed by atoms with Gasteiger partial charge in [0.15, 0.2) is 10.8 Å². The van der Waals surface area contributed by atoms with E-state index in [1.54, 1.807) is 24.3 Å². The molecule has 1 saturated heterocycles. The number of amides is 2. The van der Waals surface area contributed by atoms with Gasteiger partial charge in [0.2, 0.25) is 11.8 Å². The van der Waals surface area contributed by atoms with Crippen LogP contribution in [0.2, 0.25) is 0 Å². The summed E-state index contributed by atoms with van der Waals surface area (Å²) in [5.41, 5.74) is 0.468. The van der Waals surface area contributed by atoms with E-state index in [9.17, 15) is 19.2 Å². The monoisotopic (exact) mass is 498 g/mol. The van der Waals surface area contributed by atoms with E-state index in [0.29, 0.717) is 53.6 Å². The molecule has 3 aromatic rings. The molecule has 11 nitrogen and oxygen atoms in total. The molecule has 1 fully saturated rings. The van der Waals surface area contributed by atoms with Crippen LogP contribution in [-0.2, 0) is 20.9 Å². The van der Waals surface area contributed by atoms with Crippen molar-refractivity contribution >= 4 is 50.3 Å². The first kappa shape index (κ1) is 24.3. The maximum absolute atomic E-state index is 13.0. The van der Waals surface area contributed by atoms with Crippen LogP contribution in [0.4, 0.5) is 10.8 Å². The summed E-state index contributed by atoms with van der Waals surface area (Å²) in [4.78, 5) is 60.5. The maximum atomic E-state index is 13.0. The Balaban J connectivity index is 1.46. The second kappa shape index (κ2) is 10.6. The van der Waals surface area contributed by atoms with Gasteiger partial charge in [0, 0.05) is 25.6 Å². The highest BCUT2D eigenvalue weighted by Crippen LogP contribution is 2.29. The Morgan fingerprint density at radius 3 is 2.66 bits per heavy atom. The maximum Gasteiger partial charge on any atom is 0.339 e. The molecule has 3 heterocycles. The average molecular weight is 499 g/mol. The Bertz CT molecular complexity index is 1310. The molecule has 0 atom stereocenters. The SMILES string of the molecule is CCNC(=O)C1CCN(c2nc3ncn(CC(=O)Nc4ccccc4C(=O)OC)c(=O)c3s2)CC1. The summed E-state index contributed by atoms with van der Waals surface area (Å²) < 4.78 is 6.31. The summed E-state index contributed by atoms with van der Waals surface area (Å²) in [6.45, 7) is 3.57. The Morgan fingerprint density at radius 2 is 1.94 bits per heavy atom. The van der Waals surface area contributed by atoms with E-state index >= 15 is 0 Å². The number of thiazole rings is 1. The van der Waals surface area contributed by atoms with Crippen LogP contribution >= 0.6 is 11.3 Å². The van der Waals surface area contributed by atoms with Crippen molar-refractivity contribution < 1.29 is 19.1 Å². The van der Waals surface area contributed by atoms with Crippen molar-refractivity contribution in [3.8, 4) is 0 Å². The minimum absolute atomic E-state index is 0.0150. The van der Waals surface area contributed by atoms with Gasteiger partial charge in [-0.15, -0.1) is 0 Å². The van der Waals surface area contributed by atoms with Crippen molar-refractivity contribution in [2.24, 2.45) is 5.92 Å². The standard InChI is InChI=1S/C23H26N6O5S/c1-3-24-20(31)14-8-10-28(11-9-14)23-27-19-18(35-23)21(32)29(13-25-19)12-17(30)26-16-7-5-4-6-15(16)22(33)34-2/h4-7,13-14H,3,8-12H2,1-2H3,(H,24,31)(H,26,30). The number of rotatable bonds is 7. The van der Waals surface area contributed by atoms with Crippen LogP contribution in [0.25, 0.3) is 10.3 Å². The first-order chi connectivity index (χ1) is 16.9. The number of anilines is 2. The van der Waals surface area contributed by atoms with E-state index in [-0.39, 0.29) is 29.5 Å². The van der Waals surface area contributed by atoms with E-state index in [2.05, 4.69) is 25.5 Å². The van der Waals surface area contributed by atoms with Crippen LogP contribution in [0.1, 0.15) is 30.1 Å². The summed E-state index contributed by atoms with van der Waals surface area (Å²) in [5.74, 6) is -0.998. The lowest BCUT2D eigenvalue weighted by molar-refractivity contribution is -0.125. The van der Waals surface area contributed by atoms with Gasteiger partial charge in [-0.3, -0.25) is 19.0 Å². The Kier molecular flexibility index (Phi) is 7.39. The van der Waals surface area contributed by atoms with Crippen molar-refractivity contribution in [3.63, 3.8) is 0 Å². The lowest BCUT2D eigenvalue weighted by Crippen LogP contribution is -2.40. The highest BCUT2D eigenvalue weighted by molar-refractivity contribution is 7.22. The van der Waals surface area contributed by atoms with Gasteiger partial charge < -0.3 is 20.3 Å². The second-order valence-electron chi connectivity index (χ2n) is 8.07. The topological polar surface area (TPSA) is 136 Å². The lowest BCUT2D eigenvalue weighted by Gasteiger charge is -2.30. The molecule has 12 heteroatoms. The number of hydrogen-bond acceptors (Lipinski definition) is 9. The number of ether oxygens (including phenoxy) is 1. The number of methoxy groups -OCH3 is 1. The van der Waals surface area contributed by atoms with E-state index < -0.39 is 11.9 Å². The quantitative estimate of drug-likeness (QED) is 0.469. The highest BCUT2D eigenvalue weighted by atomic mass is 32.1. The molecule has 2 N–H and O–H groups in total. The number of fused-ring (bicyclic) bond motifs is 1. The number of para-hydroxylation sites is 1. The van der Waals surface area contributed by atoms with Crippen molar-refractivity contribution in [3.05, 3.63) is 46.5 Å². The number of esters is 1. The number of benzene rings is 1. The average Bonchev–Trinajstić information content (AvgIpc) is 3.31. The van der Waals surface area contributed by atoms with Gasteiger partial charge in [0.1, 0.15) is 17.6 Å². The number of nitrogens with one attached hydrogen (secondary N) is 2.